The number of quaternary nitrogens is 1. The highest BCUT2D eigenvalue weighted by molar-refractivity contribution is 5.82. The first-order valence-electron chi connectivity index (χ1n) is 15.2. The van der Waals surface area contributed by atoms with Gasteiger partial charge in [-0.15, -0.1) is 0 Å². The van der Waals surface area contributed by atoms with E-state index in [9.17, 15) is 9.59 Å². The number of amides is 1. The highest BCUT2D eigenvalue weighted by atomic mass is 16.7. The number of aldehydes is 1. The smallest absolute Gasteiger partial charge is 0.236 e. The van der Waals surface area contributed by atoms with E-state index in [0.717, 1.165) is 87.5 Å². The molecule has 3 heterocycles. The maximum atomic E-state index is 13.8. The molecule has 1 aromatic rings. The minimum absolute atomic E-state index is 0.0342. The number of hydrogen-bond donors (Lipinski definition) is 0. The highest BCUT2D eigenvalue weighted by Gasteiger charge is 2.63. The first kappa shape index (κ1) is 29.3. The van der Waals surface area contributed by atoms with Crippen LogP contribution in [0.4, 0.5) is 0 Å². The Balaban J connectivity index is 1.30. The molecule has 1 aromatic carbocycles. The van der Waals surface area contributed by atoms with E-state index in [1.807, 2.05) is 12.1 Å². The molecule has 1 amide bonds. The summed E-state index contributed by atoms with van der Waals surface area (Å²) in [6.07, 6.45) is 7.81. The Labute approximate surface area is 239 Å². The van der Waals surface area contributed by atoms with Gasteiger partial charge in [-0.1, -0.05) is 13.3 Å². The van der Waals surface area contributed by atoms with E-state index < -0.39 is 0 Å². The van der Waals surface area contributed by atoms with Crippen LogP contribution in [0.1, 0.15) is 73.7 Å². The molecule has 2 unspecified atom stereocenters. The number of rotatable bonds is 14. The molecule has 0 bridgehead atoms. The second-order valence-electron chi connectivity index (χ2n) is 13.1. The van der Waals surface area contributed by atoms with Gasteiger partial charge < -0.3 is 28.3 Å². The van der Waals surface area contributed by atoms with Crippen molar-refractivity contribution in [2.75, 3.05) is 73.9 Å². The van der Waals surface area contributed by atoms with Gasteiger partial charge in [-0.2, -0.15) is 0 Å². The first-order chi connectivity index (χ1) is 19.2. The van der Waals surface area contributed by atoms with Crippen LogP contribution in [0.25, 0.3) is 0 Å². The lowest BCUT2D eigenvalue weighted by Crippen LogP contribution is -2.45. The Morgan fingerprint density at radius 3 is 2.60 bits per heavy atom. The van der Waals surface area contributed by atoms with E-state index in [-0.39, 0.29) is 30.4 Å². The average molecular weight is 559 g/mol. The second kappa shape index (κ2) is 12.3. The SMILES string of the molecule is CCCCN(CCCC[N+](C)(C)C)C(=O)CN1C[C@H](c2cc(C=O)c3c(c2)OCO3)CC12CC2CC1OCCO1. The van der Waals surface area contributed by atoms with Gasteiger partial charge in [-0.3, -0.25) is 14.5 Å². The monoisotopic (exact) mass is 558 g/mol. The number of ether oxygens (including phenoxy) is 4. The number of unbranched alkanes of at least 4 members (excludes halogenated alkanes) is 2. The summed E-state index contributed by atoms with van der Waals surface area (Å²) in [5, 5.41) is 0. The topological polar surface area (TPSA) is 77.5 Å². The van der Waals surface area contributed by atoms with Gasteiger partial charge in [-0.05, 0) is 61.6 Å². The molecular weight excluding hydrogens is 510 g/mol. The standard InChI is InChI=1S/C31H48N3O6/c1-5-6-9-32(10-7-8-11-34(2,3)4)28(36)20-33-19-25(17-31(33)18-26(31)16-29-37-12-13-38-29)23-14-24(21-35)30-27(15-23)39-22-40-30/h14-15,21,25-26,29H,5-13,16-20,22H2,1-4H3/q+1/t25-,26?,31?/m1/s1. The molecule has 9 heteroatoms. The first-order valence-corrected chi connectivity index (χ1v) is 15.2. The molecule has 40 heavy (non-hydrogen) atoms. The molecule has 2 saturated heterocycles. The van der Waals surface area contributed by atoms with Crippen LogP contribution >= 0.6 is 0 Å². The van der Waals surface area contributed by atoms with Crippen molar-refractivity contribution in [3.05, 3.63) is 23.3 Å². The number of hydrogen-bond acceptors (Lipinski definition) is 7. The summed E-state index contributed by atoms with van der Waals surface area (Å²) >= 11 is 0. The van der Waals surface area contributed by atoms with E-state index >= 15 is 0 Å². The molecule has 0 aromatic heterocycles. The molecule has 5 rings (SSSR count). The number of carbonyl (C=O) groups excluding carboxylic acids is 2. The molecule has 0 radical (unpaired) electrons. The van der Waals surface area contributed by atoms with Gasteiger partial charge in [0, 0.05) is 31.6 Å². The highest BCUT2D eigenvalue weighted by Crippen LogP contribution is 2.60. The van der Waals surface area contributed by atoms with Gasteiger partial charge in [0.05, 0.1) is 53.0 Å². The summed E-state index contributed by atoms with van der Waals surface area (Å²) in [5.74, 6) is 2.06. The molecule has 3 aliphatic heterocycles. The Bertz CT molecular complexity index is 1050. The molecule has 1 saturated carbocycles. The number of nitrogens with zero attached hydrogens (tertiary/aromatic N) is 3. The molecular formula is C31H48N3O6+. The molecule has 0 N–H and O–H groups in total. The number of likely N-dealkylation sites (tertiary alicyclic amines) is 1. The molecule has 4 aliphatic rings. The zero-order chi connectivity index (χ0) is 28.3. The van der Waals surface area contributed by atoms with Crippen LogP contribution in [0, 0.1) is 5.92 Å². The van der Waals surface area contributed by atoms with Crippen LogP contribution in [0.15, 0.2) is 12.1 Å². The van der Waals surface area contributed by atoms with Crippen LogP contribution in [-0.2, 0) is 14.3 Å². The quantitative estimate of drug-likeness (QED) is 0.196. The van der Waals surface area contributed by atoms with E-state index in [1.54, 1.807) is 0 Å². The molecule has 9 nitrogen and oxygen atoms in total. The van der Waals surface area contributed by atoms with Crippen molar-refractivity contribution in [1.29, 1.82) is 0 Å². The predicted molar refractivity (Wildman–Crippen MR) is 152 cm³/mol. The van der Waals surface area contributed by atoms with Crippen LogP contribution < -0.4 is 9.47 Å². The zero-order valence-electron chi connectivity index (χ0n) is 24.9. The Kier molecular flexibility index (Phi) is 9.05. The van der Waals surface area contributed by atoms with Crippen molar-refractivity contribution in [3.8, 4) is 11.5 Å². The van der Waals surface area contributed by atoms with Gasteiger partial charge in [0.15, 0.2) is 24.1 Å². The average Bonchev–Trinajstić information content (AvgIpc) is 3.34. The third kappa shape index (κ3) is 6.64. The minimum atomic E-state index is -0.143. The summed E-state index contributed by atoms with van der Waals surface area (Å²) < 4.78 is 23.7. The summed E-state index contributed by atoms with van der Waals surface area (Å²) in [7, 11) is 6.65. The fourth-order valence-electron chi connectivity index (χ4n) is 6.84. The lowest BCUT2D eigenvalue weighted by atomic mass is 9.92. The van der Waals surface area contributed by atoms with Gasteiger partial charge in [0.2, 0.25) is 12.7 Å². The largest absolute Gasteiger partial charge is 0.454 e. The van der Waals surface area contributed by atoms with Crippen molar-refractivity contribution in [1.82, 2.24) is 9.80 Å². The lowest BCUT2D eigenvalue weighted by molar-refractivity contribution is -0.870. The third-order valence-corrected chi connectivity index (χ3v) is 9.13. The molecule has 222 valence electrons. The second-order valence-corrected chi connectivity index (χ2v) is 13.1. The third-order valence-electron chi connectivity index (χ3n) is 9.13. The Morgan fingerprint density at radius 2 is 1.88 bits per heavy atom. The normalized spacial score (nSPS) is 26.1. The van der Waals surface area contributed by atoms with E-state index in [1.165, 1.54) is 0 Å². The maximum absolute atomic E-state index is 13.8. The van der Waals surface area contributed by atoms with Crippen molar-refractivity contribution in [2.24, 2.45) is 5.92 Å². The van der Waals surface area contributed by atoms with Gasteiger partial charge in [0.1, 0.15) is 0 Å². The van der Waals surface area contributed by atoms with E-state index in [2.05, 4.69) is 37.9 Å². The molecule has 1 aliphatic carbocycles. The lowest BCUT2D eigenvalue weighted by Gasteiger charge is -2.30. The Morgan fingerprint density at radius 1 is 1.10 bits per heavy atom. The molecule has 3 fully saturated rings. The number of benzene rings is 1. The van der Waals surface area contributed by atoms with Crippen LogP contribution in [-0.4, -0.2) is 112 Å². The summed E-state index contributed by atoms with van der Waals surface area (Å²) in [6.45, 7) is 7.60. The van der Waals surface area contributed by atoms with Gasteiger partial charge in [0.25, 0.3) is 0 Å². The molecule has 1 spiro atoms. The Hall–Kier alpha value is -2.20. The summed E-state index contributed by atoms with van der Waals surface area (Å²) in [6, 6.07) is 3.98. The van der Waals surface area contributed by atoms with E-state index in [0.29, 0.717) is 42.7 Å². The van der Waals surface area contributed by atoms with Crippen molar-refractivity contribution in [2.45, 2.75) is 69.6 Å². The summed E-state index contributed by atoms with van der Waals surface area (Å²) in [4.78, 5) is 30.2. The molecule has 3 atom stereocenters. The number of carbonyl (C=O) groups is 2. The summed E-state index contributed by atoms with van der Waals surface area (Å²) in [5.41, 5.74) is 1.59. The van der Waals surface area contributed by atoms with Crippen molar-refractivity contribution < 1.29 is 33.0 Å². The van der Waals surface area contributed by atoms with Gasteiger partial charge >= 0.3 is 0 Å². The van der Waals surface area contributed by atoms with Crippen molar-refractivity contribution >= 4 is 12.2 Å². The fourth-order valence-corrected chi connectivity index (χ4v) is 6.84. The maximum Gasteiger partial charge on any atom is 0.236 e. The van der Waals surface area contributed by atoms with Crippen molar-refractivity contribution in [3.63, 3.8) is 0 Å². The van der Waals surface area contributed by atoms with Crippen LogP contribution in [0.3, 0.4) is 0 Å². The van der Waals surface area contributed by atoms with E-state index in [4.69, 9.17) is 18.9 Å². The minimum Gasteiger partial charge on any atom is -0.454 e. The number of fused-ring (bicyclic) bond motifs is 1. The zero-order valence-corrected chi connectivity index (χ0v) is 24.9. The predicted octanol–water partition coefficient (Wildman–Crippen LogP) is 3.65. The fraction of sp³-hybridized carbons (Fsp3) is 0.742. The van der Waals surface area contributed by atoms with Crippen LogP contribution in [0.5, 0.6) is 11.5 Å². The van der Waals surface area contributed by atoms with Gasteiger partial charge in [-0.25, -0.2) is 0 Å². The van der Waals surface area contributed by atoms with Crippen LogP contribution in [0.2, 0.25) is 0 Å².